The highest BCUT2D eigenvalue weighted by Crippen LogP contribution is 2.26. The Morgan fingerprint density at radius 1 is 1.29 bits per heavy atom. The second-order valence-corrected chi connectivity index (χ2v) is 6.32. The van der Waals surface area contributed by atoms with Crippen LogP contribution in [-0.4, -0.2) is 38.1 Å². The summed E-state index contributed by atoms with van der Waals surface area (Å²) >= 11 is 0. The van der Waals surface area contributed by atoms with Gasteiger partial charge in [-0.1, -0.05) is 18.2 Å². The van der Waals surface area contributed by atoms with Crippen LogP contribution in [-0.2, 0) is 6.42 Å². The highest BCUT2D eigenvalue weighted by molar-refractivity contribution is 5.94. The minimum absolute atomic E-state index is 0.0775. The summed E-state index contributed by atoms with van der Waals surface area (Å²) in [6.45, 7) is 1.34. The van der Waals surface area contributed by atoms with Gasteiger partial charge in [-0.05, 0) is 42.5 Å². The second-order valence-electron chi connectivity index (χ2n) is 6.32. The van der Waals surface area contributed by atoms with Gasteiger partial charge in [0.25, 0.3) is 5.91 Å². The standard InChI is InChI=1S/C19H23N3O2/c1-22(2)18-8-7-16(13-20-18)19(23)21-12-14-9-10-24-17-6-4-3-5-15(17)11-14/h3-8,13-14H,9-12H2,1-2H3,(H,21,23)/t14-/m1/s1. The van der Waals surface area contributed by atoms with Crippen LogP contribution in [0.15, 0.2) is 42.6 Å². The minimum Gasteiger partial charge on any atom is -0.493 e. The smallest absolute Gasteiger partial charge is 0.252 e. The van der Waals surface area contributed by atoms with Crippen molar-refractivity contribution in [3.63, 3.8) is 0 Å². The van der Waals surface area contributed by atoms with E-state index in [-0.39, 0.29) is 5.91 Å². The molecular weight excluding hydrogens is 302 g/mol. The molecule has 5 heteroatoms. The van der Waals surface area contributed by atoms with E-state index < -0.39 is 0 Å². The Bertz CT molecular complexity index is 698. The molecule has 24 heavy (non-hydrogen) atoms. The van der Waals surface area contributed by atoms with Gasteiger partial charge in [-0.15, -0.1) is 0 Å². The number of hydrogen-bond acceptors (Lipinski definition) is 4. The average Bonchev–Trinajstić information content (AvgIpc) is 2.81. The van der Waals surface area contributed by atoms with E-state index in [1.54, 1.807) is 6.20 Å². The van der Waals surface area contributed by atoms with Crippen LogP contribution in [0.2, 0.25) is 0 Å². The van der Waals surface area contributed by atoms with Crippen molar-refractivity contribution in [1.82, 2.24) is 10.3 Å². The van der Waals surface area contributed by atoms with Crippen LogP contribution in [0.1, 0.15) is 22.3 Å². The van der Waals surface area contributed by atoms with E-state index in [1.165, 1.54) is 5.56 Å². The van der Waals surface area contributed by atoms with Crippen LogP contribution < -0.4 is 15.0 Å². The molecule has 2 heterocycles. The number of amides is 1. The Balaban J connectivity index is 1.58. The molecule has 0 bridgehead atoms. The molecule has 0 fully saturated rings. The number of benzene rings is 1. The number of hydrogen-bond donors (Lipinski definition) is 1. The highest BCUT2D eigenvalue weighted by Gasteiger charge is 2.18. The molecule has 1 N–H and O–H groups in total. The Labute approximate surface area is 142 Å². The van der Waals surface area contributed by atoms with Gasteiger partial charge < -0.3 is 15.0 Å². The molecular formula is C19H23N3O2. The fraction of sp³-hybridized carbons (Fsp3) is 0.368. The molecule has 126 valence electrons. The van der Waals surface area contributed by atoms with Gasteiger partial charge in [0.2, 0.25) is 0 Å². The lowest BCUT2D eigenvalue weighted by Gasteiger charge is -2.15. The van der Waals surface area contributed by atoms with Gasteiger partial charge in [0.15, 0.2) is 0 Å². The summed E-state index contributed by atoms with van der Waals surface area (Å²) in [6, 6.07) is 11.8. The third kappa shape index (κ3) is 3.85. The first-order valence-corrected chi connectivity index (χ1v) is 8.26. The molecule has 5 nitrogen and oxygen atoms in total. The van der Waals surface area contributed by atoms with E-state index in [4.69, 9.17) is 4.74 Å². The molecule has 0 saturated carbocycles. The summed E-state index contributed by atoms with van der Waals surface area (Å²) in [5.74, 6) is 2.11. The third-order valence-corrected chi connectivity index (χ3v) is 4.28. The number of rotatable bonds is 4. The Morgan fingerprint density at radius 2 is 2.12 bits per heavy atom. The number of fused-ring (bicyclic) bond motifs is 1. The summed E-state index contributed by atoms with van der Waals surface area (Å²) in [5, 5.41) is 3.03. The zero-order valence-corrected chi connectivity index (χ0v) is 14.2. The van der Waals surface area contributed by atoms with Gasteiger partial charge in [-0.3, -0.25) is 4.79 Å². The van der Waals surface area contributed by atoms with Gasteiger partial charge >= 0.3 is 0 Å². The van der Waals surface area contributed by atoms with Crippen LogP contribution >= 0.6 is 0 Å². The van der Waals surface area contributed by atoms with Crippen molar-refractivity contribution in [1.29, 1.82) is 0 Å². The number of anilines is 1. The highest BCUT2D eigenvalue weighted by atomic mass is 16.5. The number of nitrogens with one attached hydrogen (secondary N) is 1. The van der Waals surface area contributed by atoms with Crippen molar-refractivity contribution in [2.24, 2.45) is 5.92 Å². The monoisotopic (exact) mass is 325 g/mol. The van der Waals surface area contributed by atoms with Crippen LogP contribution in [0.4, 0.5) is 5.82 Å². The first kappa shape index (κ1) is 16.3. The zero-order valence-electron chi connectivity index (χ0n) is 14.2. The summed E-state index contributed by atoms with van der Waals surface area (Å²) in [4.78, 5) is 18.5. The largest absolute Gasteiger partial charge is 0.493 e. The van der Waals surface area contributed by atoms with Crippen LogP contribution in [0.3, 0.4) is 0 Å². The summed E-state index contributed by atoms with van der Waals surface area (Å²) in [7, 11) is 3.85. The first-order chi connectivity index (χ1) is 11.6. The predicted octanol–water partition coefficient (Wildman–Crippen LogP) is 2.52. The molecule has 1 aliphatic heterocycles. The second kappa shape index (κ2) is 7.34. The molecule has 1 aromatic carbocycles. The summed E-state index contributed by atoms with van der Waals surface area (Å²) < 4.78 is 5.78. The summed E-state index contributed by atoms with van der Waals surface area (Å²) in [6.07, 6.45) is 3.48. The van der Waals surface area contributed by atoms with E-state index in [2.05, 4.69) is 16.4 Å². The number of carbonyl (C=O) groups is 1. The minimum atomic E-state index is -0.0775. The van der Waals surface area contributed by atoms with Gasteiger partial charge in [0.1, 0.15) is 11.6 Å². The Kier molecular flexibility index (Phi) is 4.99. The van der Waals surface area contributed by atoms with E-state index in [9.17, 15) is 4.79 Å². The summed E-state index contributed by atoms with van der Waals surface area (Å²) in [5.41, 5.74) is 1.80. The maximum Gasteiger partial charge on any atom is 0.252 e. The maximum absolute atomic E-state index is 12.3. The van der Waals surface area contributed by atoms with E-state index in [1.807, 2.05) is 49.3 Å². The molecule has 1 amide bonds. The maximum atomic E-state index is 12.3. The van der Waals surface area contributed by atoms with E-state index >= 15 is 0 Å². The Morgan fingerprint density at radius 3 is 2.88 bits per heavy atom. The molecule has 1 aliphatic rings. The number of para-hydroxylation sites is 1. The number of ether oxygens (including phenoxy) is 1. The van der Waals surface area contributed by atoms with Gasteiger partial charge in [0.05, 0.1) is 12.2 Å². The van der Waals surface area contributed by atoms with Crippen LogP contribution in [0, 0.1) is 5.92 Å². The van der Waals surface area contributed by atoms with Crippen LogP contribution in [0.25, 0.3) is 0 Å². The number of nitrogens with zero attached hydrogens (tertiary/aromatic N) is 2. The van der Waals surface area contributed by atoms with Crippen molar-refractivity contribution < 1.29 is 9.53 Å². The van der Waals surface area contributed by atoms with Crippen LogP contribution in [0.5, 0.6) is 5.75 Å². The van der Waals surface area contributed by atoms with E-state index in [0.29, 0.717) is 24.6 Å². The first-order valence-electron chi connectivity index (χ1n) is 8.26. The van der Waals surface area contributed by atoms with Gasteiger partial charge in [-0.25, -0.2) is 4.98 Å². The van der Waals surface area contributed by atoms with Crippen molar-refractivity contribution in [2.45, 2.75) is 12.8 Å². The average molecular weight is 325 g/mol. The molecule has 0 radical (unpaired) electrons. The van der Waals surface area contributed by atoms with Gasteiger partial charge in [-0.2, -0.15) is 0 Å². The lowest BCUT2D eigenvalue weighted by atomic mass is 9.97. The molecule has 0 spiro atoms. The van der Waals surface area contributed by atoms with E-state index in [0.717, 1.165) is 24.4 Å². The fourth-order valence-electron chi connectivity index (χ4n) is 2.86. The Hall–Kier alpha value is -2.56. The van der Waals surface area contributed by atoms with Crippen molar-refractivity contribution in [3.8, 4) is 5.75 Å². The van der Waals surface area contributed by atoms with Crippen molar-refractivity contribution in [2.75, 3.05) is 32.1 Å². The molecule has 2 aromatic rings. The van der Waals surface area contributed by atoms with Crippen molar-refractivity contribution >= 4 is 11.7 Å². The number of carbonyl (C=O) groups excluding carboxylic acids is 1. The normalized spacial score (nSPS) is 16.5. The van der Waals surface area contributed by atoms with Gasteiger partial charge in [0, 0.05) is 26.8 Å². The number of pyridine rings is 1. The molecule has 0 saturated heterocycles. The molecule has 0 aliphatic carbocycles. The quantitative estimate of drug-likeness (QED) is 0.938. The third-order valence-electron chi connectivity index (χ3n) is 4.28. The topological polar surface area (TPSA) is 54.5 Å². The van der Waals surface area contributed by atoms with Crippen molar-refractivity contribution in [3.05, 3.63) is 53.7 Å². The molecule has 3 rings (SSSR count). The number of aromatic nitrogens is 1. The molecule has 0 unspecified atom stereocenters. The molecule has 1 atom stereocenters. The fourth-order valence-corrected chi connectivity index (χ4v) is 2.86. The lowest BCUT2D eigenvalue weighted by molar-refractivity contribution is 0.0945. The zero-order chi connectivity index (χ0) is 16.9. The lowest BCUT2D eigenvalue weighted by Crippen LogP contribution is -2.30. The SMILES string of the molecule is CN(C)c1ccc(C(=O)NC[C@@H]2CCOc3ccccc3C2)cn1. The predicted molar refractivity (Wildman–Crippen MR) is 94.6 cm³/mol. The molecule has 1 aromatic heterocycles.